The van der Waals surface area contributed by atoms with E-state index in [1.807, 2.05) is 0 Å². The van der Waals surface area contributed by atoms with Crippen LogP contribution in [0.2, 0.25) is 0 Å². The molecule has 2 aliphatic heterocycles. The lowest BCUT2D eigenvalue weighted by Crippen LogP contribution is -2.63. The summed E-state index contributed by atoms with van der Waals surface area (Å²) in [6.07, 6.45) is 8.18. The lowest BCUT2D eigenvalue weighted by molar-refractivity contribution is -0.0208. The van der Waals surface area contributed by atoms with Crippen molar-refractivity contribution in [3.05, 3.63) is 0 Å². The van der Waals surface area contributed by atoms with Crippen molar-refractivity contribution in [3.63, 3.8) is 0 Å². The first-order valence-electron chi connectivity index (χ1n) is 9.14. The zero-order chi connectivity index (χ0) is 15.1. The molecule has 3 fully saturated rings. The number of fused-ring (bicyclic) bond motifs is 1. The van der Waals surface area contributed by atoms with Gasteiger partial charge >= 0.3 is 0 Å². The average molecular weight is 293 g/mol. The molecule has 3 rings (SSSR count). The molecule has 0 radical (unpaired) electrons. The highest BCUT2D eigenvalue weighted by Gasteiger charge is 2.44. The molecule has 3 nitrogen and oxygen atoms in total. The van der Waals surface area contributed by atoms with Gasteiger partial charge in [0.15, 0.2) is 0 Å². The lowest BCUT2D eigenvalue weighted by atomic mass is 9.66. The molecule has 2 N–H and O–H groups in total. The maximum Gasteiger partial charge on any atom is 0.0333 e. The fourth-order valence-electron chi connectivity index (χ4n) is 5.09. The summed E-state index contributed by atoms with van der Waals surface area (Å²) in [5.41, 5.74) is 7.08. The first kappa shape index (κ1) is 15.8. The Morgan fingerprint density at radius 1 is 1.05 bits per heavy atom. The highest BCUT2D eigenvalue weighted by Crippen LogP contribution is 2.44. The van der Waals surface area contributed by atoms with Gasteiger partial charge in [-0.3, -0.25) is 9.80 Å². The standard InChI is InChI=1S/C18H35N3/c1-17(2,3)15-6-8-18(14-19,9-7-15)21-12-11-20-10-4-5-16(20)13-21/h15-16H,4-14,19H2,1-3H3. The van der Waals surface area contributed by atoms with Crippen molar-refractivity contribution < 1.29 is 0 Å². The molecule has 0 aromatic carbocycles. The molecule has 1 saturated carbocycles. The van der Waals surface area contributed by atoms with Crippen LogP contribution in [-0.4, -0.2) is 54.1 Å². The van der Waals surface area contributed by atoms with E-state index >= 15 is 0 Å². The van der Waals surface area contributed by atoms with E-state index < -0.39 is 0 Å². The van der Waals surface area contributed by atoms with E-state index in [4.69, 9.17) is 5.73 Å². The third kappa shape index (κ3) is 3.02. The van der Waals surface area contributed by atoms with Gasteiger partial charge in [0.25, 0.3) is 0 Å². The first-order chi connectivity index (χ1) is 9.94. The summed E-state index contributed by atoms with van der Waals surface area (Å²) in [5.74, 6) is 0.880. The Bertz CT molecular complexity index is 352. The molecular weight excluding hydrogens is 258 g/mol. The van der Waals surface area contributed by atoms with Crippen LogP contribution in [0.5, 0.6) is 0 Å². The minimum absolute atomic E-state index is 0.316. The third-order valence-corrected chi connectivity index (χ3v) is 6.78. The molecular formula is C18H35N3. The zero-order valence-corrected chi connectivity index (χ0v) is 14.4. The Hall–Kier alpha value is -0.120. The summed E-state index contributed by atoms with van der Waals surface area (Å²) in [7, 11) is 0. The van der Waals surface area contributed by atoms with Crippen LogP contribution in [0.1, 0.15) is 59.3 Å². The second-order valence-electron chi connectivity index (χ2n) is 8.85. The second kappa shape index (κ2) is 5.82. The molecule has 2 heterocycles. The maximum atomic E-state index is 6.31. The fraction of sp³-hybridized carbons (Fsp3) is 1.00. The van der Waals surface area contributed by atoms with Gasteiger partial charge in [0.05, 0.1) is 0 Å². The predicted molar refractivity (Wildman–Crippen MR) is 89.4 cm³/mol. The molecule has 2 saturated heterocycles. The van der Waals surface area contributed by atoms with E-state index in [1.54, 1.807) is 0 Å². The third-order valence-electron chi connectivity index (χ3n) is 6.78. The number of hydrogen-bond donors (Lipinski definition) is 1. The monoisotopic (exact) mass is 293 g/mol. The zero-order valence-electron chi connectivity index (χ0n) is 14.4. The van der Waals surface area contributed by atoms with Crippen LogP contribution in [0.4, 0.5) is 0 Å². The topological polar surface area (TPSA) is 32.5 Å². The van der Waals surface area contributed by atoms with Gasteiger partial charge in [0.1, 0.15) is 0 Å². The number of hydrogen-bond acceptors (Lipinski definition) is 3. The summed E-state index contributed by atoms with van der Waals surface area (Å²) in [4.78, 5) is 5.50. The molecule has 3 aliphatic rings. The van der Waals surface area contributed by atoms with Gasteiger partial charge in [-0.05, 0) is 56.4 Å². The summed E-state index contributed by atoms with van der Waals surface area (Å²) < 4.78 is 0. The molecule has 1 aliphatic carbocycles. The highest BCUT2D eigenvalue weighted by molar-refractivity contribution is 5.01. The number of rotatable bonds is 2. The van der Waals surface area contributed by atoms with Crippen LogP contribution in [0.15, 0.2) is 0 Å². The Labute approximate surface area is 131 Å². The molecule has 122 valence electrons. The molecule has 0 aromatic heterocycles. The van der Waals surface area contributed by atoms with Crippen molar-refractivity contribution in [2.45, 2.75) is 70.9 Å². The van der Waals surface area contributed by atoms with Crippen LogP contribution in [0.3, 0.4) is 0 Å². The van der Waals surface area contributed by atoms with Crippen molar-refractivity contribution in [1.82, 2.24) is 9.80 Å². The van der Waals surface area contributed by atoms with Crippen molar-refractivity contribution in [3.8, 4) is 0 Å². The number of piperazine rings is 1. The summed E-state index contributed by atoms with van der Waals surface area (Å²) in [5, 5.41) is 0. The van der Waals surface area contributed by atoms with E-state index in [-0.39, 0.29) is 0 Å². The molecule has 0 bridgehead atoms. The first-order valence-corrected chi connectivity index (χ1v) is 9.14. The molecule has 1 unspecified atom stereocenters. The maximum absolute atomic E-state index is 6.31. The SMILES string of the molecule is CC(C)(C)C1CCC(CN)(N2CCN3CCCC3C2)CC1. The number of nitrogens with zero attached hydrogens (tertiary/aromatic N) is 2. The van der Waals surface area contributed by atoms with Gasteiger partial charge in [0.2, 0.25) is 0 Å². The van der Waals surface area contributed by atoms with E-state index in [0.29, 0.717) is 11.0 Å². The average Bonchev–Trinajstić information content (AvgIpc) is 2.93. The molecule has 21 heavy (non-hydrogen) atoms. The van der Waals surface area contributed by atoms with Crippen molar-refractivity contribution in [1.29, 1.82) is 0 Å². The van der Waals surface area contributed by atoms with E-state index in [1.165, 1.54) is 64.7 Å². The minimum Gasteiger partial charge on any atom is -0.329 e. The van der Waals surface area contributed by atoms with E-state index in [2.05, 4.69) is 30.6 Å². The molecule has 3 heteroatoms. The van der Waals surface area contributed by atoms with Crippen LogP contribution in [0, 0.1) is 11.3 Å². The van der Waals surface area contributed by atoms with E-state index in [0.717, 1.165) is 18.5 Å². The summed E-state index contributed by atoms with van der Waals surface area (Å²) in [6.45, 7) is 13.2. The Balaban J connectivity index is 1.65. The van der Waals surface area contributed by atoms with Gasteiger partial charge < -0.3 is 5.73 Å². The van der Waals surface area contributed by atoms with Crippen LogP contribution in [-0.2, 0) is 0 Å². The number of nitrogens with two attached hydrogens (primary N) is 1. The van der Waals surface area contributed by atoms with Crippen molar-refractivity contribution >= 4 is 0 Å². The fourth-order valence-corrected chi connectivity index (χ4v) is 5.09. The highest BCUT2D eigenvalue weighted by atomic mass is 15.3. The van der Waals surface area contributed by atoms with Gasteiger partial charge in [-0.25, -0.2) is 0 Å². The summed E-state index contributed by atoms with van der Waals surface area (Å²) >= 11 is 0. The Morgan fingerprint density at radius 2 is 1.76 bits per heavy atom. The van der Waals surface area contributed by atoms with Gasteiger partial charge in [-0.2, -0.15) is 0 Å². The molecule has 0 aromatic rings. The second-order valence-corrected chi connectivity index (χ2v) is 8.85. The Kier molecular flexibility index (Phi) is 4.37. The van der Waals surface area contributed by atoms with Crippen LogP contribution >= 0.6 is 0 Å². The van der Waals surface area contributed by atoms with Crippen molar-refractivity contribution in [2.24, 2.45) is 17.1 Å². The van der Waals surface area contributed by atoms with E-state index in [9.17, 15) is 0 Å². The normalized spacial score (nSPS) is 39.4. The van der Waals surface area contributed by atoms with Crippen molar-refractivity contribution in [2.75, 3.05) is 32.7 Å². The minimum atomic E-state index is 0.316. The largest absolute Gasteiger partial charge is 0.329 e. The van der Waals surface area contributed by atoms with Crippen LogP contribution < -0.4 is 5.73 Å². The predicted octanol–water partition coefficient (Wildman–Crippen LogP) is 2.70. The van der Waals surface area contributed by atoms with Gasteiger partial charge in [-0.15, -0.1) is 0 Å². The van der Waals surface area contributed by atoms with Crippen LogP contribution in [0.25, 0.3) is 0 Å². The smallest absolute Gasteiger partial charge is 0.0333 e. The summed E-state index contributed by atoms with van der Waals surface area (Å²) in [6, 6.07) is 0.822. The molecule has 0 spiro atoms. The van der Waals surface area contributed by atoms with Gasteiger partial charge in [-0.1, -0.05) is 20.8 Å². The molecule has 0 amide bonds. The van der Waals surface area contributed by atoms with Gasteiger partial charge in [0, 0.05) is 37.8 Å². The lowest BCUT2D eigenvalue weighted by Gasteiger charge is -2.53. The molecule has 1 atom stereocenters. The quantitative estimate of drug-likeness (QED) is 0.849. The Morgan fingerprint density at radius 3 is 2.38 bits per heavy atom.